The molecule has 1 aromatic heterocycles. The molecule has 0 fully saturated rings. The Hall–Kier alpha value is -3.09. The van der Waals surface area contributed by atoms with Gasteiger partial charge < -0.3 is 9.47 Å². The monoisotopic (exact) mass is 371 g/mol. The normalized spacial score (nSPS) is 11.0. The second-order valence-electron chi connectivity index (χ2n) is 6.35. The molecule has 5 nitrogen and oxygen atoms in total. The van der Waals surface area contributed by atoms with Crippen LogP contribution in [-0.2, 0) is 13.6 Å². The number of aromatic nitrogens is 2. The van der Waals surface area contributed by atoms with E-state index in [0.717, 1.165) is 18.2 Å². The second-order valence-corrected chi connectivity index (χ2v) is 6.35. The second kappa shape index (κ2) is 7.65. The maximum absolute atomic E-state index is 14.0. The third-order valence-corrected chi connectivity index (χ3v) is 4.31. The number of nitrogens with zero attached hydrogens (tertiary/aromatic N) is 3. The standard InChI is InChI=1S/C20H19F2N3O2/c1-3-8-25(11-14-9-15(21)5-6-17(14)22)19(26)13-4-7-18-16(10-13)20(27)24(2)12-23-18/h4-7,9-10,12H,3,8,11H2,1-2H3. The highest BCUT2D eigenvalue weighted by molar-refractivity contribution is 5.97. The lowest BCUT2D eigenvalue weighted by atomic mass is 10.1. The summed E-state index contributed by atoms with van der Waals surface area (Å²) in [5.41, 5.74) is 0.647. The molecule has 2 aromatic carbocycles. The van der Waals surface area contributed by atoms with E-state index in [1.807, 2.05) is 6.92 Å². The van der Waals surface area contributed by atoms with Crippen LogP contribution in [0.1, 0.15) is 29.3 Å². The van der Waals surface area contributed by atoms with Gasteiger partial charge in [-0.15, -0.1) is 0 Å². The zero-order chi connectivity index (χ0) is 19.6. The van der Waals surface area contributed by atoms with Gasteiger partial charge >= 0.3 is 0 Å². The molecule has 3 rings (SSSR count). The van der Waals surface area contributed by atoms with E-state index >= 15 is 0 Å². The summed E-state index contributed by atoms with van der Waals surface area (Å²) < 4.78 is 28.8. The summed E-state index contributed by atoms with van der Waals surface area (Å²) in [5, 5.41) is 0.333. The van der Waals surface area contributed by atoms with Gasteiger partial charge in [-0.25, -0.2) is 13.8 Å². The van der Waals surface area contributed by atoms with Crippen molar-refractivity contribution in [3.05, 3.63) is 75.8 Å². The average Bonchev–Trinajstić information content (AvgIpc) is 2.66. The predicted octanol–water partition coefficient (Wildman–Crippen LogP) is 3.26. The maximum Gasteiger partial charge on any atom is 0.260 e. The smallest absolute Gasteiger partial charge is 0.260 e. The van der Waals surface area contributed by atoms with Crippen LogP contribution in [0.3, 0.4) is 0 Å². The van der Waals surface area contributed by atoms with Crippen molar-refractivity contribution in [2.45, 2.75) is 19.9 Å². The van der Waals surface area contributed by atoms with Crippen LogP contribution in [0.2, 0.25) is 0 Å². The number of hydrogen-bond donors (Lipinski definition) is 0. The van der Waals surface area contributed by atoms with Crippen LogP contribution in [0.15, 0.2) is 47.5 Å². The van der Waals surface area contributed by atoms with E-state index in [1.165, 1.54) is 21.9 Å². The Morgan fingerprint density at radius 1 is 1.19 bits per heavy atom. The third-order valence-electron chi connectivity index (χ3n) is 4.31. The Balaban J connectivity index is 1.97. The molecule has 0 atom stereocenters. The zero-order valence-electron chi connectivity index (χ0n) is 15.1. The average molecular weight is 371 g/mol. The minimum absolute atomic E-state index is 0.0562. The molecule has 0 saturated carbocycles. The molecule has 0 aliphatic carbocycles. The first kappa shape index (κ1) is 18.7. The minimum atomic E-state index is -0.568. The molecular weight excluding hydrogens is 352 g/mol. The molecule has 0 N–H and O–H groups in total. The van der Waals surface area contributed by atoms with E-state index in [9.17, 15) is 18.4 Å². The molecule has 0 aliphatic heterocycles. The Bertz CT molecular complexity index is 1060. The quantitative estimate of drug-likeness (QED) is 0.692. The summed E-state index contributed by atoms with van der Waals surface area (Å²) in [4.78, 5) is 30.8. The summed E-state index contributed by atoms with van der Waals surface area (Å²) in [6.45, 7) is 2.21. The lowest BCUT2D eigenvalue weighted by molar-refractivity contribution is 0.0741. The van der Waals surface area contributed by atoms with Crippen molar-refractivity contribution in [3.8, 4) is 0 Å². The molecule has 7 heteroatoms. The fourth-order valence-corrected chi connectivity index (χ4v) is 2.92. The summed E-state index contributed by atoms with van der Waals surface area (Å²) >= 11 is 0. The highest BCUT2D eigenvalue weighted by atomic mass is 19.1. The van der Waals surface area contributed by atoms with Crippen LogP contribution >= 0.6 is 0 Å². The Morgan fingerprint density at radius 3 is 2.70 bits per heavy atom. The van der Waals surface area contributed by atoms with Gasteiger partial charge in [-0.3, -0.25) is 9.59 Å². The van der Waals surface area contributed by atoms with Gasteiger partial charge in [0.25, 0.3) is 11.5 Å². The molecule has 27 heavy (non-hydrogen) atoms. The Morgan fingerprint density at radius 2 is 1.96 bits per heavy atom. The van der Waals surface area contributed by atoms with E-state index in [-0.39, 0.29) is 23.6 Å². The Labute approximate surface area is 154 Å². The van der Waals surface area contributed by atoms with E-state index in [0.29, 0.717) is 29.4 Å². The molecular formula is C20H19F2N3O2. The number of rotatable bonds is 5. The first-order chi connectivity index (χ1) is 12.9. The van der Waals surface area contributed by atoms with Crippen molar-refractivity contribution >= 4 is 16.8 Å². The number of benzene rings is 2. The van der Waals surface area contributed by atoms with Gasteiger partial charge in [-0.2, -0.15) is 0 Å². The van der Waals surface area contributed by atoms with Crippen LogP contribution in [0, 0.1) is 11.6 Å². The van der Waals surface area contributed by atoms with Crippen LogP contribution < -0.4 is 5.56 Å². The Kier molecular flexibility index (Phi) is 5.30. The van der Waals surface area contributed by atoms with Gasteiger partial charge in [-0.05, 0) is 42.8 Å². The summed E-state index contributed by atoms with van der Waals surface area (Å²) in [6.07, 6.45) is 2.07. The lowest BCUT2D eigenvalue weighted by Gasteiger charge is -2.23. The molecule has 1 heterocycles. The molecule has 0 saturated heterocycles. The minimum Gasteiger partial charge on any atom is -0.334 e. The van der Waals surface area contributed by atoms with E-state index in [1.54, 1.807) is 19.2 Å². The largest absolute Gasteiger partial charge is 0.334 e. The van der Waals surface area contributed by atoms with Gasteiger partial charge in [-0.1, -0.05) is 6.92 Å². The molecule has 0 unspecified atom stereocenters. The van der Waals surface area contributed by atoms with Crippen molar-refractivity contribution in [1.29, 1.82) is 0 Å². The predicted molar refractivity (Wildman–Crippen MR) is 98.4 cm³/mol. The maximum atomic E-state index is 14.0. The topological polar surface area (TPSA) is 55.2 Å². The van der Waals surface area contributed by atoms with E-state index in [4.69, 9.17) is 0 Å². The van der Waals surface area contributed by atoms with Crippen LogP contribution in [0.25, 0.3) is 10.9 Å². The summed E-state index contributed by atoms with van der Waals surface area (Å²) in [7, 11) is 1.58. The number of fused-ring (bicyclic) bond motifs is 1. The van der Waals surface area contributed by atoms with Crippen LogP contribution in [-0.4, -0.2) is 26.9 Å². The molecule has 1 amide bonds. The first-order valence-electron chi connectivity index (χ1n) is 8.59. The van der Waals surface area contributed by atoms with Crippen molar-refractivity contribution in [2.75, 3.05) is 6.54 Å². The van der Waals surface area contributed by atoms with Gasteiger partial charge in [0.1, 0.15) is 11.6 Å². The first-order valence-corrected chi connectivity index (χ1v) is 8.59. The highest BCUT2D eigenvalue weighted by Gasteiger charge is 2.18. The fraction of sp³-hybridized carbons (Fsp3) is 0.250. The van der Waals surface area contributed by atoms with E-state index in [2.05, 4.69) is 4.98 Å². The van der Waals surface area contributed by atoms with Crippen molar-refractivity contribution in [1.82, 2.24) is 14.5 Å². The number of amides is 1. The molecule has 0 bridgehead atoms. The molecule has 3 aromatic rings. The molecule has 0 radical (unpaired) electrons. The van der Waals surface area contributed by atoms with Gasteiger partial charge in [0, 0.05) is 31.3 Å². The summed E-state index contributed by atoms with van der Waals surface area (Å²) in [6, 6.07) is 7.86. The number of carbonyl (C=O) groups excluding carboxylic acids is 1. The number of halogens is 2. The zero-order valence-corrected chi connectivity index (χ0v) is 15.1. The van der Waals surface area contributed by atoms with Crippen molar-refractivity contribution in [2.24, 2.45) is 7.05 Å². The lowest BCUT2D eigenvalue weighted by Crippen LogP contribution is -2.32. The van der Waals surface area contributed by atoms with Gasteiger partial charge in [0.05, 0.1) is 17.2 Å². The molecule has 0 aliphatic rings. The van der Waals surface area contributed by atoms with Crippen molar-refractivity contribution in [3.63, 3.8) is 0 Å². The fourth-order valence-electron chi connectivity index (χ4n) is 2.92. The van der Waals surface area contributed by atoms with Crippen molar-refractivity contribution < 1.29 is 13.6 Å². The van der Waals surface area contributed by atoms with E-state index < -0.39 is 11.6 Å². The van der Waals surface area contributed by atoms with Gasteiger partial charge in [0.2, 0.25) is 0 Å². The van der Waals surface area contributed by atoms with Crippen LogP contribution in [0.4, 0.5) is 8.78 Å². The van der Waals surface area contributed by atoms with Crippen LogP contribution in [0.5, 0.6) is 0 Å². The SMILES string of the molecule is CCCN(Cc1cc(F)ccc1F)C(=O)c1ccc2ncn(C)c(=O)c2c1. The molecule has 0 spiro atoms. The molecule has 140 valence electrons. The summed E-state index contributed by atoms with van der Waals surface area (Å²) in [5.74, 6) is -1.48. The number of aryl methyl sites for hydroxylation is 1. The third kappa shape index (κ3) is 3.86. The number of hydrogen-bond acceptors (Lipinski definition) is 3. The van der Waals surface area contributed by atoms with Gasteiger partial charge in [0.15, 0.2) is 0 Å². The number of carbonyl (C=O) groups is 1. The highest BCUT2D eigenvalue weighted by Crippen LogP contribution is 2.17.